The fourth-order valence-corrected chi connectivity index (χ4v) is 3.12. The molecule has 158 valence electrons. The Balaban J connectivity index is 1.86. The van der Waals surface area contributed by atoms with Crippen LogP contribution in [0.3, 0.4) is 0 Å². The van der Waals surface area contributed by atoms with Crippen molar-refractivity contribution in [3.8, 4) is 17.6 Å². The second kappa shape index (κ2) is 9.84. The number of aromatic hydroxyl groups is 1. The van der Waals surface area contributed by atoms with Gasteiger partial charge in [-0.05, 0) is 69.0 Å². The molecule has 0 saturated heterocycles. The molecule has 2 rings (SSSR count). The summed E-state index contributed by atoms with van der Waals surface area (Å²) >= 11 is 0. The number of aryl methyl sites for hydroxylation is 1. The second-order valence-electron chi connectivity index (χ2n) is 7.96. The summed E-state index contributed by atoms with van der Waals surface area (Å²) in [6.45, 7) is 7.65. The van der Waals surface area contributed by atoms with E-state index in [1.165, 1.54) is 0 Å². The maximum Gasteiger partial charge on any atom is 0.296 e. The molecule has 0 aliphatic carbocycles. The molecular formula is C24H29N3O3. The Morgan fingerprint density at radius 3 is 2.50 bits per heavy atom. The molecule has 0 aromatic heterocycles. The molecule has 0 fully saturated rings. The molecular weight excluding hydrogens is 378 g/mol. The van der Waals surface area contributed by atoms with Crippen LogP contribution in [0.15, 0.2) is 36.4 Å². The van der Waals surface area contributed by atoms with Crippen LogP contribution in [0.25, 0.3) is 0 Å². The monoisotopic (exact) mass is 407 g/mol. The first-order valence-corrected chi connectivity index (χ1v) is 9.82. The number of nitrogens with two attached hydrogens (primary N) is 1. The summed E-state index contributed by atoms with van der Waals surface area (Å²) in [5, 5.41) is 15.5. The number of benzene rings is 2. The molecule has 5 N–H and O–H groups in total. The van der Waals surface area contributed by atoms with Crippen LogP contribution in [0.2, 0.25) is 0 Å². The standard InChI is InChI=1S/C24H29N3O3/c1-16-14-20(28)23(25)17(2)19(16)11-13-22(30)27-24(3,4)15-26-21(29)12-10-18-8-6-5-7-9-18/h5-9,14,28H,11,13,15,25H2,1-4H3,(H,26,29)(H,27,30). The Labute approximate surface area is 177 Å². The van der Waals surface area contributed by atoms with Crippen LogP contribution >= 0.6 is 0 Å². The van der Waals surface area contributed by atoms with Crippen molar-refractivity contribution in [3.63, 3.8) is 0 Å². The van der Waals surface area contributed by atoms with Crippen LogP contribution in [0, 0.1) is 25.7 Å². The van der Waals surface area contributed by atoms with E-state index in [4.69, 9.17) is 5.73 Å². The van der Waals surface area contributed by atoms with Gasteiger partial charge in [-0.25, -0.2) is 0 Å². The third kappa shape index (κ3) is 6.56. The van der Waals surface area contributed by atoms with Gasteiger partial charge in [-0.15, -0.1) is 0 Å². The number of nitrogens with one attached hydrogen (secondary N) is 2. The zero-order chi connectivity index (χ0) is 22.3. The van der Waals surface area contributed by atoms with Crippen molar-refractivity contribution in [2.75, 3.05) is 12.3 Å². The molecule has 6 nitrogen and oxygen atoms in total. The first kappa shape index (κ1) is 22.8. The zero-order valence-corrected chi connectivity index (χ0v) is 17.9. The summed E-state index contributed by atoms with van der Waals surface area (Å²) < 4.78 is 0. The molecule has 2 aromatic carbocycles. The van der Waals surface area contributed by atoms with Crippen LogP contribution in [0.4, 0.5) is 5.69 Å². The lowest BCUT2D eigenvalue weighted by atomic mass is 9.96. The van der Waals surface area contributed by atoms with E-state index in [0.29, 0.717) is 12.1 Å². The van der Waals surface area contributed by atoms with Gasteiger partial charge in [-0.3, -0.25) is 9.59 Å². The lowest BCUT2D eigenvalue weighted by Gasteiger charge is -2.26. The quantitative estimate of drug-likeness (QED) is 0.336. The molecule has 30 heavy (non-hydrogen) atoms. The maximum absolute atomic E-state index is 12.4. The van der Waals surface area contributed by atoms with E-state index < -0.39 is 11.4 Å². The molecule has 2 aromatic rings. The van der Waals surface area contributed by atoms with E-state index >= 15 is 0 Å². The van der Waals surface area contributed by atoms with Gasteiger partial charge in [-0.1, -0.05) is 24.1 Å². The van der Waals surface area contributed by atoms with Crippen molar-refractivity contribution in [1.29, 1.82) is 0 Å². The minimum atomic E-state index is -0.626. The lowest BCUT2D eigenvalue weighted by molar-refractivity contribution is -0.123. The normalized spacial score (nSPS) is 10.7. The smallest absolute Gasteiger partial charge is 0.296 e. The van der Waals surface area contributed by atoms with Crippen LogP contribution in [-0.2, 0) is 16.0 Å². The first-order chi connectivity index (χ1) is 14.1. The van der Waals surface area contributed by atoms with Gasteiger partial charge in [0.15, 0.2) is 0 Å². The van der Waals surface area contributed by atoms with Crippen LogP contribution < -0.4 is 16.4 Å². The molecule has 0 spiro atoms. The Hall–Kier alpha value is -3.46. The predicted octanol–water partition coefficient (Wildman–Crippen LogP) is 2.59. The van der Waals surface area contributed by atoms with E-state index in [1.807, 2.05) is 58.0 Å². The average molecular weight is 408 g/mol. The number of hydrogen-bond acceptors (Lipinski definition) is 4. The van der Waals surface area contributed by atoms with Crippen molar-refractivity contribution in [1.82, 2.24) is 10.6 Å². The molecule has 0 aliphatic rings. The SMILES string of the molecule is Cc1cc(O)c(N)c(C)c1CCC(=O)NC(C)(C)CNC(=O)C#Cc1ccccc1. The number of carbonyl (C=O) groups is 2. The van der Waals surface area contributed by atoms with E-state index in [9.17, 15) is 14.7 Å². The lowest BCUT2D eigenvalue weighted by Crippen LogP contribution is -2.51. The second-order valence-corrected chi connectivity index (χ2v) is 7.96. The summed E-state index contributed by atoms with van der Waals surface area (Å²) in [5.41, 5.74) is 9.02. The van der Waals surface area contributed by atoms with Crippen molar-refractivity contribution in [2.24, 2.45) is 0 Å². The summed E-state index contributed by atoms with van der Waals surface area (Å²) in [6, 6.07) is 10.9. The number of phenolic OH excluding ortho intramolecular Hbond substituents is 1. The van der Waals surface area contributed by atoms with E-state index in [1.54, 1.807) is 6.07 Å². The molecule has 0 unspecified atom stereocenters. The van der Waals surface area contributed by atoms with Crippen molar-refractivity contribution >= 4 is 17.5 Å². The number of amides is 2. The number of nitrogen functional groups attached to an aromatic ring is 1. The van der Waals surface area contributed by atoms with Crippen LogP contribution in [0.5, 0.6) is 5.75 Å². The summed E-state index contributed by atoms with van der Waals surface area (Å²) in [6.07, 6.45) is 0.788. The Bertz CT molecular complexity index is 986. The number of rotatable bonds is 6. The van der Waals surface area contributed by atoms with Crippen molar-refractivity contribution in [2.45, 2.75) is 46.1 Å². The number of anilines is 1. The molecule has 0 aliphatic heterocycles. The van der Waals surface area contributed by atoms with E-state index in [2.05, 4.69) is 22.5 Å². The van der Waals surface area contributed by atoms with Crippen LogP contribution in [0.1, 0.15) is 42.5 Å². The average Bonchev–Trinajstić information content (AvgIpc) is 2.69. The third-order valence-corrected chi connectivity index (χ3v) is 4.83. The molecule has 0 bridgehead atoms. The Morgan fingerprint density at radius 2 is 1.83 bits per heavy atom. The highest BCUT2D eigenvalue weighted by molar-refractivity contribution is 5.94. The third-order valence-electron chi connectivity index (χ3n) is 4.83. The molecule has 0 radical (unpaired) electrons. The number of phenols is 1. The van der Waals surface area contributed by atoms with E-state index in [0.717, 1.165) is 22.3 Å². The fraction of sp³-hybridized carbons (Fsp3) is 0.333. The highest BCUT2D eigenvalue weighted by Gasteiger charge is 2.21. The predicted molar refractivity (Wildman–Crippen MR) is 119 cm³/mol. The largest absolute Gasteiger partial charge is 0.506 e. The summed E-state index contributed by atoms with van der Waals surface area (Å²) in [4.78, 5) is 24.4. The van der Waals surface area contributed by atoms with E-state index in [-0.39, 0.29) is 24.6 Å². The highest BCUT2D eigenvalue weighted by atomic mass is 16.3. The van der Waals surface area contributed by atoms with Gasteiger partial charge >= 0.3 is 0 Å². The Morgan fingerprint density at radius 1 is 1.17 bits per heavy atom. The van der Waals surface area contributed by atoms with Crippen molar-refractivity contribution < 1.29 is 14.7 Å². The Kier molecular flexibility index (Phi) is 7.48. The highest BCUT2D eigenvalue weighted by Crippen LogP contribution is 2.30. The molecule has 0 atom stereocenters. The molecule has 0 saturated carbocycles. The molecule has 6 heteroatoms. The van der Waals surface area contributed by atoms with Gasteiger partial charge < -0.3 is 21.5 Å². The minimum Gasteiger partial charge on any atom is -0.506 e. The topological polar surface area (TPSA) is 104 Å². The van der Waals surface area contributed by atoms with Crippen molar-refractivity contribution in [3.05, 3.63) is 58.7 Å². The maximum atomic E-state index is 12.4. The summed E-state index contributed by atoms with van der Waals surface area (Å²) in [7, 11) is 0. The fourth-order valence-electron chi connectivity index (χ4n) is 3.12. The first-order valence-electron chi connectivity index (χ1n) is 9.82. The van der Waals surface area contributed by atoms with Gasteiger partial charge in [0.05, 0.1) is 11.2 Å². The zero-order valence-electron chi connectivity index (χ0n) is 17.9. The minimum absolute atomic E-state index is 0.0606. The summed E-state index contributed by atoms with van der Waals surface area (Å²) in [5.74, 6) is 4.89. The van der Waals surface area contributed by atoms with Gasteiger partial charge in [0.1, 0.15) is 5.75 Å². The number of carbonyl (C=O) groups excluding carboxylic acids is 2. The number of hydrogen-bond donors (Lipinski definition) is 4. The van der Waals surface area contributed by atoms with Gasteiger partial charge in [0, 0.05) is 24.4 Å². The van der Waals surface area contributed by atoms with Crippen LogP contribution in [-0.4, -0.2) is 29.0 Å². The van der Waals surface area contributed by atoms with Gasteiger partial charge in [0.2, 0.25) is 5.91 Å². The van der Waals surface area contributed by atoms with Gasteiger partial charge in [0.25, 0.3) is 5.91 Å². The molecule has 0 heterocycles. The molecule has 2 amide bonds. The van der Waals surface area contributed by atoms with Gasteiger partial charge in [-0.2, -0.15) is 0 Å².